The summed E-state index contributed by atoms with van der Waals surface area (Å²) in [6.45, 7) is 14.7. The lowest BCUT2D eigenvalue weighted by Gasteiger charge is -2.41. The zero-order chi connectivity index (χ0) is 23.7. The molecule has 0 aromatic heterocycles. The summed E-state index contributed by atoms with van der Waals surface area (Å²) in [5.74, 6) is 0.888. The van der Waals surface area contributed by atoms with Crippen molar-refractivity contribution in [1.82, 2.24) is 15.1 Å². The zero-order valence-electron chi connectivity index (χ0n) is 20.6. The third-order valence-electron chi connectivity index (χ3n) is 6.86. The Hall–Kier alpha value is -2.08. The number of hydrogen-bond acceptors (Lipinski definition) is 3. The van der Waals surface area contributed by atoms with Crippen LogP contribution in [0.25, 0.3) is 0 Å². The summed E-state index contributed by atoms with van der Waals surface area (Å²) >= 11 is 0. The van der Waals surface area contributed by atoms with Crippen LogP contribution in [0.1, 0.15) is 66.4 Å². The van der Waals surface area contributed by atoms with E-state index in [4.69, 9.17) is 0 Å². The summed E-state index contributed by atoms with van der Waals surface area (Å²) in [7, 11) is 0. The van der Waals surface area contributed by atoms with E-state index in [1.165, 1.54) is 10.5 Å². The monoisotopic (exact) mass is 443 g/mol. The van der Waals surface area contributed by atoms with E-state index in [0.29, 0.717) is 18.3 Å². The highest BCUT2D eigenvalue weighted by atomic mass is 16.4. The summed E-state index contributed by atoms with van der Waals surface area (Å²) < 4.78 is 0. The molecular formula is C26H41N3O3. The van der Waals surface area contributed by atoms with Crippen molar-refractivity contribution in [3.05, 3.63) is 35.9 Å². The lowest BCUT2D eigenvalue weighted by Crippen LogP contribution is -2.59. The predicted octanol–water partition coefficient (Wildman–Crippen LogP) is 4.60. The van der Waals surface area contributed by atoms with Gasteiger partial charge in [0.25, 0.3) is 0 Å². The van der Waals surface area contributed by atoms with Crippen LogP contribution in [0.2, 0.25) is 0 Å². The van der Waals surface area contributed by atoms with Crippen LogP contribution in [-0.2, 0) is 11.3 Å². The Morgan fingerprint density at radius 3 is 2.31 bits per heavy atom. The van der Waals surface area contributed by atoms with E-state index in [2.05, 4.69) is 55.3 Å². The molecule has 2 fully saturated rings. The molecule has 178 valence electrons. The number of hydrogen-bond donors (Lipinski definition) is 2. The average molecular weight is 444 g/mol. The van der Waals surface area contributed by atoms with Crippen molar-refractivity contribution in [2.45, 2.75) is 85.0 Å². The Morgan fingerprint density at radius 2 is 1.75 bits per heavy atom. The second-order valence-corrected chi connectivity index (χ2v) is 11.9. The normalized spacial score (nSPS) is 24.8. The molecule has 1 saturated heterocycles. The predicted molar refractivity (Wildman–Crippen MR) is 127 cm³/mol. The second-order valence-electron chi connectivity index (χ2n) is 11.9. The molecule has 0 unspecified atom stereocenters. The van der Waals surface area contributed by atoms with Crippen molar-refractivity contribution in [1.29, 1.82) is 0 Å². The lowest BCUT2D eigenvalue weighted by molar-refractivity contribution is -0.129. The fourth-order valence-corrected chi connectivity index (χ4v) is 5.56. The molecule has 32 heavy (non-hydrogen) atoms. The fourth-order valence-electron chi connectivity index (χ4n) is 5.56. The molecule has 1 aromatic rings. The third-order valence-corrected chi connectivity index (χ3v) is 6.86. The van der Waals surface area contributed by atoms with Crippen LogP contribution < -0.4 is 5.32 Å². The van der Waals surface area contributed by atoms with Crippen molar-refractivity contribution in [3.8, 4) is 0 Å². The summed E-state index contributed by atoms with van der Waals surface area (Å²) in [5.41, 5.74) is 0.497. The third kappa shape index (κ3) is 6.03. The van der Waals surface area contributed by atoms with E-state index in [9.17, 15) is 14.7 Å². The number of nitrogens with one attached hydrogen (secondary N) is 1. The van der Waals surface area contributed by atoms with Crippen molar-refractivity contribution in [2.75, 3.05) is 13.1 Å². The molecule has 0 bridgehead atoms. The highest BCUT2D eigenvalue weighted by molar-refractivity contribution is 5.86. The first-order chi connectivity index (χ1) is 14.8. The Balaban J connectivity index is 1.70. The van der Waals surface area contributed by atoms with Gasteiger partial charge in [-0.05, 0) is 62.8 Å². The summed E-state index contributed by atoms with van der Waals surface area (Å²) in [6, 6.07) is 9.94. The summed E-state index contributed by atoms with van der Waals surface area (Å²) in [5, 5.41) is 13.2. The van der Waals surface area contributed by atoms with E-state index < -0.39 is 17.7 Å². The average Bonchev–Trinajstić information content (AvgIpc) is 3.20. The van der Waals surface area contributed by atoms with Crippen molar-refractivity contribution >= 4 is 12.0 Å². The van der Waals surface area contributed by atoms with Gasteiger partial charge in [-0.3, -0.25) is 14.6 Å². The van der Waals surface area contributed by atoms with Crippen LogP contribution in [0.5, 0.6) is 0 Å². The minimum Gasteiger partial charge on any atom is -0.465 e. The Labute approximate surface area is 193 Å². The van der Waals surface area contributed by atoms with Gasteiger partial charge in [-0.15, -0.1) is 0 Å². The van der Waals surface area contributed by atoms with E-state index in [1.807, 2.05) is 26.8 Å². The van der Waals surface area contributed by atoms with E-state index in [1.54, 1.807) is 0 Å². The fraction of sp³-hybridized carbons (Fsp3) is 0.692. The van der Waals surface area contributed by atoms with Gasteiger partial charge in [0.05, 0.1) is 0 Å². The molecular weight excluding hydrogens is 402 g/mol. The topological polar surface area (TPSA) is 72.9 Å². The van der Waals surface area contributed by atoms with Crippen LogP contribution in [0, 0.1) is 17.3 Å². The Morgan fingerprint density at radius 1 is 1.09 bits per heavy atom. The van der Waals surface area contributed by atoms with Gasteiger partial charge in [-0.1, -0.05) is 51.1 Å². The molecule has 1 heterocycles. The van der Waals surface area contributed by atoms with Gasteiger partial charge in [0.2, 0.25) is 5.91 Å². The first-order valence-electron chi connectivity index (χ1n) is 11.9. The Kier molecular flexibility index (Phi) is 7.23. The number of carboxylic acid groups (broad SMARTS) is 1. The first-order valence-corrected chi connectivity index (χ1v) is 11.9. The Bertz CT molecular complexity index is 797. The van der Waals surface area contributed by atoms with E-state index in [0.717, 1.165) is 32.5 Å². The number of fused-ring (bicyclic) bond motifs is 1. The smallest absolute Gasteiger partial charge is 0.408 e. The van der Waals surface area contributed by atoms with Crippen molar-refractivity contribution < 1.29 is 14.7 Å². The SMILES string of the molecule is CC(C)(C)C[C@@H](C(=O)N[C@H]1CC[C@@H]2CN(Cc3ccccc3)C[C@@H]21)N(C(=O)O)C(C)(C)C. The van der Waals surface area contributed by atoms with Gasteiger partial charge in [0.15, 0.2) is 0 Å². The molecule has 4 atom stereocenters. The van der Waals surface area contributed by atoms with Crippen molar-refractivity contribution in [3.63, 3.8) is 0 Å². The van der Waals surface area contributed by atoms with Gasteiger partial charge in [0.1, 0.15) is 6.04 Å². The number of amides is 2. The van der Waals surface area contributed by atoms with Crippen LogP contribution in [0.3, 0.4) is 0 Å². The van der Waals surface area contributed by atoms with Gasteiger partial charge >= 0.3 is 6.09 Å². The summed E-state index contributed by atoms with van der Waals surface area (Å²) in [4.78, 5) is 29.5. The molecule has 2 aliphatic rings. The highest BCUT2D eigenvalue weighted by Gasteiger charge is 2.45. The number of rotatable bonds is 6. The molecule has 3 rings (SSSR count). The molecule has 1 aliphatic heterocycles. The van der Waals surface area contributed by atoms with Gasteiger partial charge < -0.3 is 10.4 Å². The standard InChI is InChI=1S/C26H41N3O3/c1-25(2,3)14-22(29(24(31)32)26(4,5)6)23(30)27-21-13-12-19-16-28(17-20(19)21)15-18-10-8-7-9-11-18/h7-11,19-22H,12-17H2,1-6H3,(H,27,30)(H,31,32)/t19-,20+,21+,22+/m1/s1. The maximum absolute atomic E-state index is 13.5. The maximum atomic E-state index is 13.5. The quantitative estimate of drug-likeness (QED) is 0.674. The number of carbonyl (C=O) groups is 2. The van der Waals surface area contributed by atoms with Gasteiger partial charge in [-0.25, -0.2) is 4.79 Å². The molecule has 2 amide bonds. The molecule has 1 aromatic carbocycles. The number of nitrogens with zero attached hydrogens (tertiary/aromatic N) is 2. The number of carbonyl (C=O) groups excluding carboxylic acids is 1. The minimum absolute atomic E-state index is 0.117. The van der Waals surface area contributed by atoms with Crippen LogP contribution in [0.4, 0.5) is 4.79 Å². The summed E-state index contributed by atoms with van der Waals surface area (Å²) in [6.07, 6.45) is 1.54. The van der Waals surface area contributed by atoms with E-state index >= 15 is 0 Å². The molecule has 1 aliphatic carbocycles. The molecule has 2 N–H and O–H groups in total. The van der Waals surface area contributed by atoms with Crippen molar-refractivity contribution in [2.24, 2.45) is 17.3 Å². The van der Waals surface area contributed by atoms with Crippen LogP contribution >= 0.6 is 0 Å². The van der Waals surface area contributed by atoms with Crippen LogP contribution in [-0.4, -0.2) is 57.6 Å². The van der Waals surface area contributed by atoms with E-state index in [-0.39, 0.29) is 17.4 Å². The molecule has 6 heteroatoms. The second kappa shape index (κ2) is 9.42. The molecule has 1 saturated carbocycles. The van der Waals surface area contributed by atoms with Gasteiger partial charge in [0, 0.05) is 31.2 Å². The minimum atomic E-state index is -1.04. The first kappa shape index (κ1) is 24.6. The zero-order valence-corrected chi connectivity index (χ0v) is 20.6. The maximum Gasteiger partial charge on any atom is 0.408 e. The lowest BCUT2D eigenvalue weighted by atomic mass is 9.85. The van der Waals surface area contributed by atoms with Crippen LogP contribution in [0.15, 0.2) is 30.3 Å². The highest BCUT2D eigenvalue weighted by Crippen LogP contribution is 2.39. The van der Waals surface area contributed by atoms with Gasteiger partial charge in [-0.2, -0.15) is 0 Å². The molecule has 0 spiro atoms. The largest absolute Gasteiger partial charge is 0.465 e. The number of benzene rings is 1. The molecule has 0 radical (unpaired) electrons. The number of likely N-dealkylation sites (tertiary alicyclic amines) is 1. The molecule has 6 nitrogen and oxygen atoms in total.